The maximum Gasteiger partial charge on any atom is 0.250 e. The van der Waals surface area contributed by atoms with Crippen LogP contribution in [0, 0.1) is 0 Å². The Bertz CT molecular complexity index is 347. The number of amides is 1. The molecule has 0 atom stereocenters. The Balaban J connectivity index is 1.69. The van der Waals surface area contributed by atoms with Crippen molar-refractivity contribution in [1.29, 1.82) is 0 Å². The predicted molar refractivity (Wildman–Crippen MR) is 62.0 cm³/mol. The van der Waals surface area contributed by atoms with Gasteiger partial charge in [0.15, 0.2) is 0 Å². The molecule has 0 unspecified atom stereocenters. The van der Waals surface area contributed by atoms with Gasteiger partial charge in [-0.15, -0.1) is 0 Å². The standard InChI is InChI=1S/C12H16N2O2/c13-9-6-11(7-9)16-8-12(15)14-10-4-2-1-3-5-10/h1-5,9,11H,6-8,13H2,(H,14,15). The Kier molecular flexibility index (Phi) is 3.54. The average molecular weight is 220 g/mol. The second-order valence-electron chi connectivity index (χ2n) is 4.08. The lowest BCUT2D eigenvalue weighted by Crippen LogP contribution is -2.42. The number of nitrogens with one attached hydrogen (secondary N) is 1. The summed E-state index contributed by atoms with van der Waals surface area (Å²) in [4.78, 5) is 11.5. The van der Waals surface area contributed by atoms with Gasteiger partial charge in [0.1, 0.15) is 6.61 Å². The summed E-state index contributed by atoms with van der Waals surface area (Å²) < 4.78 is 5.39. The van der Waals surface area contributed by atoms with Gasteiger partial charge in [-0.3, -0.25) is 4.79 Å². The van der Waals surface area contributed by atoms with E-state index in [2.05, 4.69) is 5.32 Å². The summed E-state index contributed by atoms with van der Waals surface area (Å²) in [7, 11) is 0. The number of nitrogens with two attached hydrogens (primary N) is 1. The maximum absolute atomic E-state index is 11.5. The quantitative estimate of drug-likeness (QED) is 0.799. The number of benzene rings is 1. The number of carbonyl (C=O) groups excluding carboxylic acids is 1. The number of para-hydroxylation sites is 1. The normalized spacial score (nSPS) is 23.6. The van der Waals surface area contributed by atoms with Gasteiger partial charge in [0.05, 0.1) is 6.10 Å². The Hall–Kier alpha value is -1.39. The van der Waals surface area contributed by atoms with E-state index in [-0.39, 0.29) is 24.7 Å². The van der Waals surface area contributed by atoms with Crippen LogP contribution >= 0.6 is 0 Å². The zero-order chi connectivity index (χ0) is 11.4. The summed E-state index contributed by atoms with van der Waals surface area (Å²) in [6, 6.07) is 9.60. The molecular weight excluding hydrogens is 204 g/mol. The molecule has 1 saturated carbocycles. The van der Waals surface area contributed by atoms with Crippen molar-refractivity contribution in [2.75, 3.05) is 11.9 Å². The van der Waals surface area contributed by atoms with Crippen LogP contribution in [0.3, 0.4) is 0 Å². The molecule has 1 aliphatic carbocycles. The van der Waals surface area contributed by atoms with Gasteiger partial charge in [-0.1, -0.05) is 18.2 Å². The minimum atomic E-state index is -0.119. The van der Waals surface area contributed by atoms with Gasteiger partial charge in [0.25, 0.3) is 0 Å². The summed E-state index contributed by atoms with van der Waals surface area (Å²) in [5.74, 6) is -0.119. The largest absolute Gasteiger partial charge is 0.368 e. The zero-order valence-electron chi connectivity index (χ0n) is 9.06. The molecule has 16 heavy (non-hydrogen) atoms. The smallest absolute Gasteiger partial charge is 0.250 e. The summed E-state index contributed by atoms with van der Waals surface area (Å²) in [5.41, 5.74) is 6.41. The molecule has 1 fully saturated rings. The topological polar surface area (TPSA) is 64.3 Å². The van der Waals surface area contributed by atoms with E-state index >= 15 is 0 Å². The van der Waals surface area contributed by atoms with Crippen molar-refractivity contribution in [3.63, 3.8) is 0 Å². The van der Waals surface area contributed by atoms with Gasteiger partial charge in [-0.05, 0) is 25.0 Å². The zero-order valence-corrected chi connectivity index (χ0v) is 9.06. The van der Waals surface area contributed by atoms with Crippen molar-refractivity contribution in [3.8, 4) is 0 Å². The van der Waals surface area contributed by atoms with E-state index < -0.39 is 0 Å². The molecule has 0 spiro atoms. The second kappa shape index (κ2) is 5.09. The molecule has 0 saturated heterocycles. The molecular formula is C12H16N2O2. The first-order valence-corrected chi connectivity index (χ1v) is 5.46. The van der Waals surface area contributed by atoms with Crippen LogP contribution in [0.1, 0.15) is 12.8 Å². The van der Waals surface area contributed by atoms with Gasteiger partial charge in [-0.2, -0.15) is 0 Å². The van der Waals surface area contributed by atoms with E-state index in [9.17, 15) is 4.79 Å². The van der Waals surface area contributed by atoms with E-state index in [1.807, 2.05) is 30.3 Å². The number of hydrogen-bond donors (Lipinski definition) is 2. The van der Waals surface area contributed by atoms with Crippen LogP contribution in [0.15, 0.2) is 30.3 Å². The van der Waals surface area contributed by atoms with Crippen molar-refractivity contribution in [2.45, 2.75) is 25.0 Å². The summed E-state index contributed by atoms with van der Waals surface area (Å²) in [6.07, 6.45) is 1.88. The number of anilines is 1. The first kappa shape index (κ1) is 11.1. The van der Waals surface area contributed by atoms with Crippen molar-refractivity contribution >= 4 is 11.6 Å². The first-order chi connectivity index (χ1) is 7.74. The second-order valence-corrected chi connectivity index (χ2v) is 4.08. The van der Waals surface area contributed by atoms with Gasteiger partial charge >= 0.3 is 0 Å². The van der Waals surface area contributed by atoms with E-state index in [0.717, 1.165) is 18.5 Å². The number of hydrogen-bond acceptors (Lipinski definition) is 3. The lowest BCUT2D eigenvalue weighted by atomic mass is 9.90. The monoisotopic (exact) mass is 220 g/mol. The average Bonchev–Trinajstić information content (AvgIpc) is 2.24. The minimum Gasteiger partial charge on any atom is -0.368 e. The molecule has 0 bridgehead atoms. The van der Waals surface area contributed by atoms with Gasteiger partial charge in [0, 0.05) is 11.7 Å². The molecule has 4 nitrogen and oxygen atoms in total. The molecule has 4 heteroatoms. The number of carbonyl (C=O) groups is 1. The third-order valence-electron chi connectivity index (χ3n) is 2.64. The van der Waals surface area contributed by atoms with E-state index in [4.69, 9.17) is 10.5 Å². The van der Waals surface area contributed by atoms with Crippen LogP contribution in [0.2, 0.25) is 0 Å². The first-order valence-electron chi connectivity index (χ1n) is 5.46. The lowest BCUT2D eigenvalue weighted by Gasteiger charge is -2.31. The third kappa shape index (κ3) is 3.05. The fourth-order valence-electron chi connectivity index (χ4n) is 1.65. The van der Waals surface area contributed by atoms with Gasteiger partial charge in [-0.25, -0.2) is 0 Å². The molecule has 1 amide bonds. The highest BCUT2D eigenvalue weighted by atomic mass is 16.5. The van der Waals surface area contributed by atoms with Gasteiger partial charge < -0.3 is 15.8 Å². The van der Waals surface area contributed by atoms with E-state index in [1.165, 1.54) is 0 Å². The molecule has 0 aliphatic heterocycles. The van der Waals surface area contributed by atoms with Gasteiger partial charge in [0.2, 0.25) is 5.91 Å². The molecule has 2 rings (SSSR count). The summed E-state index contributed by atoms with van der Waals surface area (Å²) >= 11 is 0. The highest BCUT2D eigenvalue weighted by Crippen LogP contribution is 2.20. The van der Waals surface area contributed by atoms with Crippen LogP contribution in [0.5, 0.6) is 0 Å². The highest BCUT2D eigenvalue weighted by Gasteiger charge is 2.26. The fraction of sp³-hybridized carbons (Fsp3) is 0.417. The van der Waals surface area contributed by atoms with Crippen LogP contribution in [0.25, 0.3) is 0 Å². The summed E-state index contributed by atoms with van der Waals surface area (Å²) in [6.45, 7) is 0.103. The van der Waals surface area contributed by atoms with Crippen LogP contribution < -0.4 is 11.1 Å². The van der Waals surface area contributed by atoms with E-state index in [0.29, 0.717) is 0 Å². The molecule has 1 aromatic rings. The molecule has 1 aliphatic rings. The van der Waals surface area contributed by atoms with Crippen molar-refractivity contribution in [3.05, 3.63) is 30.3 Å². The molecule has 1 aromatic carbocycles. The van der Waals surface area contributed by atoms with Crippen molar-refractivity contribution in [2.24, 2.45) is 5.73 Å². The third-order valence-corrected chi connectivity index (χ3v) is 2.64. The number of ether oxygens (including phenoxy) is 1. The fourth-order valence-corrected chi connectivity index (χ4v) is 1.65. The van der Waals surface area contributed by atoms with Crippen molar-refractivity contribution < 1.29 is 9.53 Å². The highest BCUT2D eigenvalue weighted by molar-refractivity contribution is 5.91. The van der Waals surface area contributed by atoms with E-state index in [1.54, 1.807) is 0 Å². The SMILES string of the molecule is NC1CC(OCC(=O)Nc2ccccc2)C1. The summed E-state index contributed by atoms with van der Waals surface area (Å²) in [5, 5.41) is 2.76. The van der Waals surface area contributed by atoms with Crippen molar-refractivity contribution in [1.82, 2.24) is 0 Å². The minimum absolute atomic E-state index is 0.103. The molecule has 0 radical (unpaired) electrons. The number of rotatable bonds is 4. The molecule has 86 valence electrons. The van der Waals surface area contributed by atoms with Crippen LogP contribution in [-0.4, -0.2) is 24.7 Å². The predicted octanol–water partition coefficient (Wildman–Crippen LogP) is 1.13. The van der Waals surface area contributed by atoms with Crippen LogP contribution in [0.4, 0.5) is 5.69 Å². The molecule has 0 heterocycles. The molecule has 0 aromatic heterocycles. The molecule has 3 N–H and O–H groups in total. The maximum atomic E-state index is 11.5. The van der Waals surface area contributed by atoms with Crippen LogP contribution in [-0.2, 0) is 9.53 Å². The Labute approximate surface area is 94.8 Å². The Morgan fingerprint density at radius 2 is 2.06 bits per heavy atom. The Morgan fingerprint density at radius 3 is 2.69 bits per heavy atom. The lowest BCUT2D eigenvalue weighted by molar-refractivity contribution is -0.124. The Morgan fingerprint density at radius 1 is 1.38 bits per heavy atom.